The second-order valence-corrected chi connectivity index (χ2v) is 5.37. The maximum absolute atomic E-state index is 10.5. The molecular formula is C16H21NO3. The molecule has 2 atom stereocenters. The SMILES string of the molecule is CC1CN(Cc2cccc(C=CC(=O)O)c2)CC(C)O1. The number of carboxylic acids is 1. The number of hydrogen-bond acceptors (Lipinski definition) is 3. The summed E-state index contributed by atoms with van der Waals surface area (Å²) in [5, 5.41) is 8.65. The van der Waals surface area contributed by atoms with Gasteiger partial charge in [0.2, 0.25) is 0 Å². The Morgan fingerprint density at radius 2 is 2.10 bits per heavy atom. The summed E-state index contributed by atoms with van der Waals surface area (Å²) in [6, 6.07) is 7.98. The van der Waals surface area contributed by atoms with Crippen molar-refractivity contribution in [1.82, 2.24) is 4.90 Å². The number of morpholine rings is 1. The first-order chi connectivity index (χ1) is 9.52. The molecule has 4 heteroatoms. The molecule has 0 radical (unpaired) electrons. The molecule has 1 N–H and O–H groups in total. The molecule has 1 aromatic rings. The van der Waals surface area contributed by atoms with Crippen molar-refractivity contribution in [1.29, 1.82) is 0 Å². The quantitative estimate of drug-likeness (QED) is 0.857. The molecule has 0 saturated carbocycles. The van der Waals surface area contributed by atoms with Gasteiger partial charge in [-0.1, -0.05) is 24.3 Å². The maximum atomic E-state index is 10.5. The van der Waals surface area contributed by atoms with E-state index < -0.39 is 5.97 Å². The van der Waals surface area contributed by atoms with E-state index in [0.717, 1.165) is 31.3 Å². The van der Waals surface area contributed by atoms with Crippen LogP contribution in [0, 0.1) is 0 Å². The lowest BCUT2D eigenvalue weighted by Gasteiger charge is -2.35. The van der Waals surface area contributed by atoms with Crippen LogP contribution in [-0.4, -0.2) is 41.3 Å². The van der Waals surface area contributed by atoms with E-state index in [1.165, 1.54) is 5.56 Å². The zero-order chi connectivity index (χ0) is 14.5. The normalized spacial score (nSPS) is 24.1. The maximum Gasteiger partial charge on any atom is 0.328 e. The van der Waals surface area contributed by atoms with Gasteiger partial charge in [-0.3, -0.25) is 4.90 Å². The minimum atomic E-state index is -0.925. The molecule has 20 heavy (non-hydrogen) atoms. The molecule has 0 amide bonds. The first kappa shape index (κ1) is 14.8. The van der Waals surface area contributed by atoms with Gasteiger partial charge in [-0.2, -0.15) is 0 Å². The van der Waals surface area contributed by atoms with E-state index in [2.05, 4.69) is 24.8 Å². The summed E-state index contributed by atoms with van der Waals surface area (Å²) in [7, 11) is 0. The Morgan fingerprint density at radius 1 is 1.40 bits per heavy atom. The molecule has 0 aromatic heterocycles. The van der Waals surface area contributed by atoms with Gasteiger partial charge in [0.1, 0.15) is 0 Å². The highest BCUT2D eigenvalue weighted by molar-refractivity contribution is 5.85. The lowest BCUT2D eigenvalue weighted by Crippen LogP contribution is -2.44. The lowest BCUT2D eigenvalue weighted by atomic mass is 10.1. The van der Waals surface area contributed by atoms with Gasteiger partial charge >= 0.3 is 5.97 Å². The molecule has 1 aromatic carbocycles. The molecule has 1 saturated heterocycles. The van der Waals surface area contributed by atoms with Crippen LogP contribution < -0.4 is 0 Å². The number of hydrogen-bond donors (Lipinski definition) is 1. The third-order valence-electron chi connectivity index (χ3n) is 3.27. The van der Waals surface area contributed by atoms with Crippen LogP contribution in [0.1, 0.15) is 25.0 Å². The summed E-state index contributed by atoms with van der Waals surface area (Å²) >= 11 is 0. The van der Waals surface area contributed by atoms with Crippen molar-refractivity contribution >= 4 is 12.0 Å². The molecule has 2 unspecified atom stereocenters. The Hall–Kier alpha value is -1.65. The monoisotopic (exact) mass is 275 g/mol. The molecule has 4 nitrogen and oxygen atoms in total. The number of ether oxygens (including phenoxy) is 1. The van der Waals surface area contributed by atoms with Crippen LogP contribution in [0.15, 0.2) is 30.3 Å². The zero-order valence-electron chi connectivity index (χ0n) is 12.0. The standard InChI is InChI=1S/C16H21NO3/c1-12-9-17(10-13(2)20-12)11-15-5-3-4-14(8-15)6-7-16(18)19/h3-8,12-13H,9-11H2,1-2H3,(H,18,19). The Morgan fingerprint density at radius 3 is 2.75 bits per heavy atom. The van der Waals surface area contributed by atoms with Crippen molar-refractivity contribution in [3.8, 4) is 0 Å². The van der Waals surface area contributed by atoms with Crippen molar-refractivity contribution in [2.75, 3.05) is 13.1 Å². The fraction of sp³-hybridized carbons (Fsp3) is 0.438. The zero-order valence-corrected chi connectivity index (χ0v) is 12.0. The van der Waals surface area contributed by atoms with E-state index in [9.17, 15) is 4.79 Å². The van der Waals surface area contributed by atoms with Gasteiger partial charge in [0.05, 0.1) is 12.2 Å². The fourth-order valence-corrected chi connectivity index (χ4v) is 2.63. The van der Waals surface area contributed by atoms with Crippen LogP contribution in [0.3, 0.4) is 0 Å². The second-order valence-electron chi connectivity index (χ2n) is 5.37. The van der Waals surface area contributed by atoms with E-state index in [1.807, 2.05) is 18.2 Å². The number of aliphatic carboxylic acids is 1. The van der Waals surface area contributed by atoms with E-state index in [1.54, 1.807) is 6.08 Å². The lowest BCUT2D eigenvalue weighted by molar-refractivity contribution is -0.131. The highest BCUT2D eigenvalue weighted by Crippen LogP contribution is 2.15. The number of carbonyl (C=O) groups is 1. The predicted octanol–water partition coefficient (Wildman–Crippen LogP) is 2.39. The van der Waals surface area contributed by atoms with Crippen molar-refractivity contribution in [2.24, 2.45) is 0 Å². The van der Waals surface area contributed by atoms with Crippen LogP contribution in [0.25, 0.3) is 6.08 Å². The summed E-state index contributed by atoms with van der Waals surface area (Å²) < 4.78 is 5.72. The Balaban J connectivity index is 2.02. The number of benzene rings is 1. The van der Waals surface area contributed by atoms with E-state index >= 15 is 0 Å². The van der Waals surface area contributed by atoms with Gasteiger partial charge in [-0.25, -0.2) is 4.79 Å². The second kappa shape index (κ2) is 6.68. The van der Waals surface area contributed by atoms with Gasteiger partial charge < -0.3 is 9.84 Å². The minimum absolute atomic E-state index is 0.258. The molecule has 0 spiro atoms. The summed E-state index contributed by atoms with van der Waals surface area (Å²) in [6.45, 7) is 6.91. The first-order valence-corrected chi connectivity index (χ1v) is 6.90. The third-order valence-corrected chi connectivity index (χ3v) is 3.27. The largest absolute Gasteiger partial charge is 0.478 e. The molecule has 0 aliphatic carbocycles. The molecular weight excluding hydrogens is 254 g/mol. The molecule has 1 aliphatic rings. The van der Waals surface area contributed by atoms with Gasteiger partial charge in [0.25, 0.3) is 0 Å². The van der Waals surface area contributed by atoms with Crippen LogP contribution in [0.4, 0.5) is 0 Å². The average Bonchev–Trinajstić information content (AvgIpc) is 2.35. The Kier molecular flexibility index (Phi) is 4.93. The highest BCUT2D eigenvalue weighted by Gasteiger charge is 2.21. The van der Waals surface area contributed by atoms with Crippen molar-refractivity contribution < 1.29 is 14.6 Å². The topological polar surface area (TPSA) is 49.8 Å². The smallest absolute Gasteiger partial charge is 0.328 e. The number of rotatable bonds is 4. The summed E-state index contributed by atoms with van der Waals surface area (Å²) in [6.07, 6.45) is 3.30. The van der Waals surface area contributed by atoms with Gasteiger partial charge in [-0.05, 0) is 31.1 Å². The molecule has 1 aliphatic heterocycles. The van der Waals surface area contributed by atoms with Gasteiger partial charge in [-0.15, -0.1) is 0 Å². The Bertz CT molecular complexity index is 488. The summed E-state index contributed by atoms with van der Waals surface area (Å²) in [5.74, 6) is -0.925. The third kappa shape index (κ3) is 4.47. The molecule has 1 heterocycles. The van der Waals surface area contributed by atoms with Gasteiger partial charge in [0.15, 0.2) is 0 Å². The number of carboxylic acid groups (broad SMARTS) is 1. The van der Waals surface area contributed by atoms with Crippen molar-refractivity contribution in [2.45, 2.75) is 32.6 Å². The average molecular weight is 275 g/mol. The molecule has 108 valence electrons. The predicted molar refractivity (Wildman–Crippen MR) is 78.4 cm³/mol. The van der Waals surface area contributed by atoms with Crippen LogP contribution >= 0.6 is 0 Å². The van der Waals surface area contributed by atoms with Crippen LogP contribution in [0.5, 0.6) is 0 Å². The van der Waals surface area contributed by atoms with Crippen LogP contribution in [-0.2, 0) is 16.1 Å². The molecule has 1 fully saturated rings. The number of nitrogens with zero attached hydrogens (tertiary/aromatic N) is 1. The van der Waals surface area contributed by atoms with E-state index in [4.69, 9.17) is 9.84 Å². The molecule has 0 bridgehead atoms. The fourth-order valence-electron chi connectivity index (χ4n) is 2.63. The Labute approximate surface area is 119 Å². The van der Waals surface area contributed by atoms with Crippen molar-refractivity contribution in [3.63, 3.8) is 0 Å². The van der Waals surface area contributed by atoms with E-state index in [-0.39, 0.29) is 12.2 Å². The molecule has 2 rings (SSSR count). The van der Waals surface area contributed by atoms with E-state index in [0.29, 0.717) is 0 Å². The highest BCUT2D eigenvalue weighted by atomic mass is 16.5. The minimum Gasteiger partial charge on any atom is -0.478 e. The van der Waals surface area contributed by atoms with Crippen LogP contribution in [0.2, 0.25) is 0 Å². The van der Waals surface area contributed by atoms with Gasteiger partial charge in [0, 0.05) is 25.7 Å². The van der Waals surface area contributed by atoms with Crippen molar-refractivity contribution in [3.05, 3.63) is 41.5 Å². The summed E-state index contributed by atoms with van der Waals surface area (Å²) in [5.41, 5.74) is 2.11. The summed E-state index contributed by atoms with van der Waals surface area (Å²) in [4.78, 5) is 12.9. The first-order valence-electron chi connectivity index (χ1n) is 6.90.